The van der Waals surface area contributed by atoms with Gasteiger partial charge >= 0.3 is 0 Å². The first-order valence-corrected chi connectivity index (χ1v) is 8.07. The van der Waals surface area contributed by atoms with Crippen LogP contribution in [0.4, 0.5) is 0 Å². The van der Waals surface area contributed by atoms with E-state index in [1.807, 2.05) is 12.1 Å². The average Bonchev–Trinajstić information content (AvgIpc) is 2.92. The smallest absolute Gasteiger partial charge is 0.164 e. The van der Waals surface area contributed by atoms with Crippen molar-refractivity contribution in [3.8, 4) is 17.2 Å². The summed E-state index contributed by atoms with van der Waals surface area (Å²) in [6.45, 7) is 1.50. The summed E-state index contributed by atoms with van der Waals surface area (Å²) in [5, 5.41) is 5.53. The molecule has 4 nitrogen and oxygen atoms in total. The number of methoxy groups -OCH3 is 3. The lowest BCUT2D eigenvalue weighted by Gasteiger charge is -2.14. The number of hydrogen-bond donors (Lipinski definition) is 1. The van der Waals surface area contributed by atoms with Crippen molar-refractivity contribution in [2.75, 3.05) is 21.3 Å². The van der Waals surface area contributed by atoms with Crippen LogP contribution in [0.15, 0.2) is 27.4 Å². The standard InChI is InChI=1S/C15H18BrNO3S/c1-18-12-6-14(20-3)13(19-2)5-11(12)8-17-7-10-4-15(16)21-9-10/h4-6,9,17H,7-8H2,1-3H3. The molecule has 1 N–H and O–H groups in total. The van der Waals surface area contributed by atoms with Crippen molar-refractivity contribution in [1.82, 2.24) is 5.32 Å². The number of ether oxygens (including phenoxy) is 3. The van der Waals surface area contributed by atoms with E-state index in [2.05, 4.69) is 32.7 Å². The predicted molar refractivity (Wildman–Crippen MR) is 88.7 cm³/mol. The Morgan fingerprint density at radius 3 is 2.19 bits per heavy atom. The zero-order valence-corrected chi connectivity index (χ0v) is 14.6. The molecule has 0 aliphatic heterocycles. The van der Waals surface area contributed by atoms with Gasteiger partial charge in [-0.3, -0.25) is 0 Å². The molecule has 21 heavy (non-hydrogen) atoms. The van der Waals surface area contributed by atoms with Gasteiger partial charge in [-0.15, -0.1) is 11.3 Å². The zero-order valence-electron chi connectivity index (χ0n) is 12.2. The van der Waals surface area contributed by atoms with Crippen molar-refractivity contribution in [1.29, 1.82) is 0 Å². The van der Waals surface area contributed by atoms with E-state index in [1.165, 1.54) is 5.56 Å². The Kier molecular flexibility index (Phi) is 5.90. The third-order valence-electron chi connectivity index (χ3n) is 3.05. The fraction of sp³-hybridized carbons (Fsp3) is 0.333. The van der Waals surface area contributed by atoms with E-state index in [-0.39, 0.29) is 0 Å². The maximum absolute atomic E-state index is 5.41. The highest BCUT2D eigenvalue weighted by Gasteiger charge is 2.11. The topological polar surface area (TPSA) is 39.7 Å². The van der Waals surface area contributed by atoms with Gasteiger partial charge in [0.25, 0.3) is 0 Å². The number of hydrogen-bond acceptors (Lipinski definition) is 5. The number of halogens is 1. The third-order valence-corrected chi connectivity index (χ3v) is 4.61. The number of rotatable bonds is 7. The Morgan fingerprint density at radius 2 is 1.62 bits per heavy atom. The molecule has 0 saturated heterocycles. The average molecular weight is 372 g/mol. The van der Waals surface area contributed by atoms with Crippen molar-refractivity contribution in [2.45, 2.75) is 13.1 Å². The van der Waals surface area contributed by atoms with Crippen LogP contribution in [0.3, 0.4) is 0 Å². The first-order chi connectivity index (χ1) is 10.2. The van der Waals surface area contributed by atoms with E-state index < -0.39 is 0 Å². The van der Waals surface area contributed by atoms with Crippen LogP contribution in [-0.4, -0.2) is 21.3 Å². The van der Waals surface area contributed by atoms with E-state index in [1.54, 1.807) is 32.7 Å². The van der Waals surface area contributed by atoms with Gasteiger partial charge in [-0.1, -0.05) is 0 Å². The number of benzene rings is 1. The molecule has 1 aromatic carbocycles. The molecule has 1 heterocycles. The summed E-state index contributed by atoms with van der Waals surface area (Å²) in [4.78, 5) is 0. The molecular formula is C15H18BrNO3S. The summed E-state index contributed by atoms with van der Waals surface area (Å²) in [7, 11) is 4.90. The van der Waals surface area contributed by atoms with Crippen molar-refractivity contribution in [3.05, 3.63) is 38.5 Å². The van der Waals surface area contributed by atoms with Gasteiger partial charge in [-0.2, -0.15) is 0 Å². The molecule has 2 rings (SSSR count). The Morgan fingerprint density at radius 1 is 0.952 bits per heavy atom. The highest BCUT2D eigenvalue weighted by Crippen LogP contribution is 2.34. The van der Waals surface area contributed by atoms with Gasteiger partial charge in [0.1, 0.15) is 5.75 Å². The molecule has 2 aromatic rings. The molecule has 1 aromatic heterocycles. The molecular weight excluding hydrogens is 354 g/mol. The lowest BCUT2D eigenvalue weighted by atomic mass is 10.1. The molecule has 0 aliphatic rings. The van der Waals surface area contributed by atoms with Crippen LogP contribution in [0, 0.1) is 0 Å². The predicted octanol–water partition coefficient (Wildman–Crippen LogP) is 3.83. The molecule has 6 heteroatoms. The Bertz CT molecular complexity index is 601. The molecule has 0 fully saturated rings. The maximum Gasteiger partial charge on any atom is 0.164 e. The van der Waals surface area contributed by atoms with E-state index in [4.69, 9.17) is 14.2 Å². The van der Waals surface area contributed by atoms with Crippen molar-refractivity contribution < 1.29 is 14.2 Å². The van der Waals surface area contributed by atoms with Gasteiger partial charge in [0, 0.05) is 24.7 Å². The van der Waals surface area contributed by atoms with Gasteiger partial charge in [0.05, 0.1) is 25.1 Å². The molecule has 0 unspecified atom stereocenters. The second-order valence-corrected chi connectivity index (χ2v) is 6.67. The fourth-order valence-electron chi connectivity index (χ4n) is 2.01. The normalized spacial score (nSPS) is 10.5. The molecule has 0 radical (unpaired) electrons. The summed E-state index contributed by atoms with van der Waals surface area (Å²) in [5.74, 6) is 2.15. The van der Waals surface area contributed by atoms with Gasteiger partial charge in [0.15, 0.2) is 11.5 Å². The molecule has 0 saturated carbocycles. The minimum Gasteiger partial charge on any atom is -0.496 e. The molecule has 0 atom stereocenters. The van der Waals surface area contributed by atoms with Crippen LogP contribution >= 0.6 is 27.3 Å². The van der Waals surface area contributed by atoms with Crippen LogP contribution < -0.4 is 19.5 Å². The maximum atomic E-state index is 5.41. The lowest BCUT2D eigenvalue weighted by molar-refractivity contribution is 0.347. The second-order valence-electron chi connectivity index (χ2n) is 4.38. The van der Waals surface area contributed by atoms with Crippen LogP contribution in [0.1, 0.15) is 11.1 Å². The van der Waals surface area contributed by atoms with E-state index in [9.17, 15) is 0 Å². The highest BCUT2D eigenvalue weighted by molar-refractivity contribution is 9.11. The van der Waals surface area contributed by atoms with Crippen molar-refractivity contribution in [3.63, 3.8) is 0 Å². The van der Waals surface area contributed by atoms with Crippen LogP contribution in [0.5, 0.6) is 17.2 Å². The summed E-state index contributed by atoms with van der Waals surface area (Å²) in [6.07, 6.45) is 0. The van der Waals surface area contributed by atoms with E-state index in [0.717, 1.165) is 21.6 Å². The summed E-state index contributed by atoms with van der Waals surface area (Å²) in [6, 6.07) is 5.90. The van der Waals surface area contributed by atoms with E-state index in [0.29, 0.717) is 18.0 Å². The zero-order chi connectivity index (χ0) is 15.2. The van der Waals surface area contributed by atoms with Crippen molar-refractivity contribution in [2.24, 2.45) is 0 Å². The van der Waals surface area contributed by atoms with Gasteiger partial charge in [0.2, 0.25) is 0 Å². The van der Waals surface area contributed by atoms with Crippen LogP contribution in [0.25, 0.3) is 0 Å². The summed E-state index contributed by atoms with van der Waals surface area (Å²) >= 11 is 5.15. The monoisotopic (exact) mass is 371 g/mol. The lowest BCUT2D eigenvalue weighted by Crippen LogP contribution is -2.13. The van der Waals surface area contributed by atoms with Gasteiger partial charge in [-0.25, -0.2) is 0 Å². The molecule has 0 aliphatic carbocycles. The van der Waals surface area contributed by atoms with E-state index >= 15 is 0 Å². The quantitative estimate of drug-likeness (QED) is 0.802. The molecule has 0 amide bonds. The molecule has 0 spiro atoms. The number of nitrogens with one attached hydrogen (secondary N) is 1. The fourth-order valence-corrected chi connectivity index (χ4v) is 3.22. The SMILES string of the molecule is COc1cc(OC)c(OC)cc1CNCc1csc(Br)c1. The Labute approximate surface area is 137 Å². The Hall–Kier alpha value is -1.24. The third kappa shape index (κ3) is 4.12. The second kappa shape index (κ2) is 7.68. The molecule has 114 valence electrons. The highest BCUT2D eigenvalue weighted by atomic mass is 79.9. The first kappa shape index (κ1) is 16.1. The van der Waals surface area contributed by atoms with Gasteiger partial charge in [-0.05, 0) is 39.0 Å². The van der Waals surface area contributed by atoms with Crippen molar-refractivity contribution >= 4 is 27.3 Å². The number of thiophene rings is 1. The van der Waals surface area contributed by atoms with Crippen LogP contribution in [0.2, 0.25) is 0 Å². The largest absolute Gasteiger partial charge is 0.496 e. The first-order valence-electron chi connectivity index (χ1n) is 6.40. The van der Waals surface area contributed by atoms with Gasteiger partial charge < -0.3 is 19.5 Å². The minimum absolute atomic E-state index is 0.667. The van der Waals surface area contributed by atoms with Crippen LogP contribution in [-0.2, 0) is 13.1 Å². The molecule has 0 bridgehead atoms. The summed E-state index contributed by atoms with van der Waals surface area (Å²) in [5.41, 5.74) is 2.29. The minimum atomic E-state index is 0.667. The summed E-state index contributed by atoms with van der Waals surface area (Å²) < 4.78 is 17.2. The Balaban J connectivity index is 2.07.